The van der Waals surface area contributed by atoms with Gasteiger partial charge in [0.2, 0.25) is 0 Å². The molecule has 1 aromatic carbocycles. The number of nitrogens with zero attached hydrogens (tertiary/aromatic N) is 2. The van der Waals surface area contributed by atoms with Crippen LogP contribution in [0.2, 0.25) is 10.0 Å². The number of ether oxygens (including phenoxy) is 1. The Kier molecular flexibility index (Phi) is 6.63. The minimum atomic E-state index is -1.05. The second-order valence-electron chi connectivity index (χ2n) is 6.29. The van der Waals surface area contributed by atoms with Gasteiger partial charge >= 0.3 is 5.97 Å². The first-order valence-electron chi connectivity index (χ1n) is 8.66. The third-order valence-corrected chi connectivity index (χ3v) is 6.62. The summed E-state index contributed by atoms with van der Waals surface area (Å²) in [5.41, 5.74) is 1.68. The zero-order chi connectivity index (χ0) is 20.3. The SMILES string of the molecule is C=CCC(c1ccc(Cl)c(Cl)c1)c1c(C(=O)O)sc(N2CCOCC2)c1C#N. The van der Waals surface area contributed by atoms with Crippen molar-refractivity contribution in [2.75, 3.05) is 31.2 Å². The van der Waals surface area contributed by atoms with E-state index < -0.39 is 5.97 Å². The number of allylic oxidation sites excluding steroid dienone is 1. The Hall–Kier alpha value is -2.04. The number of morpholine rings is 1. The molecule has 1 atom stereocenters. The van der Waals surface area contributed by atoms with E-state index in [1.165, 1.54) is 0 Å². The fourth-order valence-corrected chi connectivity index (χ4v) is 4.85. The van der Waals surface area contributed by atoms with Crippen LogP contribution in [0.3, 0.4) is 0 Å². The molecule has 1 fully saturated rings. The molecule has 3 rings (SSSR count). The third-order valence-electron chi connectivity index (χ3n) is 4.63. The Morgan fingerprint density at radius 3 is 2.68 bits per heavy atom. The summed E-state index contributed by atoms with van der Waals surface area (Å²) in [5, 5.41) is 21.2. The molecule has 2 heterocycles. The smallest absolute Gasteiger partial charge is 0.346 e. The van der Waals surface area contributed by atoms with Crippen LogP contribution in [0, 0.1) is 11.3 Å². The van der Waals surface area contributed by atoms with Crippen LogP contribution in [0.5, 0.6) is 0 Å². The fourth-order valence-electron chi connectivity index (χ4n) is 3.34. The van der Waals surface area contributed by atoms with Crippen LogP contribution in [0.25, 0.3) is 0 Å². The molecule has 0 spiro atoms. The molecule has 1 saturated heterocycles. The van der Waals surface area contributed by atoms with Crippen LogP contribution in [0.1, 0.15) is 38.7 Å². The van der Waals surface area contributed by atoms with Gasteiger partial charge in [-0.2, -0.15) is 5.26 Å². The first-order chi connectivity index (χ1) is 13.5. The largest absolute Gasteiger partial charge is 0.477 e. The van der Waals surface area contributed by atoms with Gasteiger partial charge in [-0.3, -0.25) is 0 Å². The Balaban J connectivity index is 2.19. The highest BCUT2D eigenvalue weighted by molar-refractivity contribution is 7.18. The van der Waals surface area contributed by atoms with Crippen LogP contribution in [0.4, 0.5) is 5.00 Å². The number of hydrogen-bond donors (Lipinski definition) is 1. The van der Waals surface area contributed by atoms with E-state index in [2.05, 4.69) is 12.6 Å². The topological polar surface area (TPSA) is 73.6 Å². The lowest BCUT2D eigenvalue weighted by Gasteiger charge is -2.28. The zero-order valence-corrected chi connectivity index (χ0v) is 17.3. The molecule has 0 saturated carbocycles. The lowest BCUT2D eigenvalue weighted by molar-refractivity contribution is 0.0700. The summed E-state index contributed by atoms with van der Waals surface area (Å²) < 4.78 is 5.38. The molecule has 1 aliphatic rings. The van der Waals surface area contributed by atoms with Crippen molar-refractivity contribution in [1.82, 2.24) is 0 Å². The Morgan fingerprint density at radius 1 is 1.39 bits per heavy atom. The molecule has 146 valence electrons. The van der Waals surface area contributed by atoms with Gasteiger partial charge in [0.15, 0.2) is 0 Å². The molecule has 28 heavy (non-hydrogen) atoms. The van der Waals surface area contributed by atoms with E-state index in [4.69, 9.17) is 27.9 Å². The number of benzene rings is 1. The van der Waals surface area contributed by atoms with Crippen LogP contribution in [-0.2, 0) is 4.74 Å². The highest BCUT2D eigenvalue weighted by Crippen LogP contribution is 2.44. The van der Waals surface area contributed by atoms with Crippen molar-refractivity contribution in [3.63, 3.8) is 0 Å². The van der Waals surface area contributed by atoms with Gasteiger partial charge in [-0.1, -0.05) is 35.3 Å². The quantitative estimate of drug-likeness (QED) is 0.632. The number of hydrogen-bond acceptors (Lipinski definition) is 5. The minimum Gasteiger partial charge on any atom is -0.477 e. The average molecular weight is 437 g/mol. The number of carboxylic acids is 1. The predicted molar refractivity (Wildman–Crippen MR) is 112 cm³/mol. The van der Waals surface area contributed by atoms with Gasteiger partial charge in [-0.15, -0.1) is 17.9 Å². The molecule has 0 aliphatic carbocycles. The maximum Gasteiger partial charge on any atom is 0.346 e. The summed E-state index contributed by atoms with van der Waals surface area (Å²) in [7, 11) is 0. The molecule has 0 amide bonds. The van der Waals surface area contributed by atoms with E-state index >= 15 is 0 Å². The van der Waals surface area contributed by atoms with Gasteiger partial charge in [-0.05, 0) is 24.1 Å². The Morgan fingerprint density at radius 2 is 2.11 bits per heavy atom. The van der Waals surface area contributed by atoms with Crippen LogP contribution < -0.4 is 4.90 Å². The van der Waals surface area contributed by atoms with Gasteiger partial charge in [0, 0.05) is 24.6 Å². The summed E-state index contributed by atoms with van der Waals surface area (Å²) in [6.07, 6.45) is 2.18. The summed E-state index contributed by atoms with van der Waals surface area (Å²) in [6.45, 7) is 6.13. The van der Waals surface area contributed by atoms with E-state index in [0.717, 1.165) is 16.9 Å². The van der Waals surface area contributed by atoms with Crippen molar-refractivity contribution in [3.05, 3.63) is 62.5 Å². The lowest BCUT2D eigenvalue weighted by atomic mass is 9.86. The molecule has 1 aliphatic heterocycles. The van der Waals surface area contributed by atoms with Crippen molar-refractivity contribution in [2.45, 2.75) is 12.3 Å². The van der Waals surface area contributed by atoms with E-state index in [0.29, 0.717) is 58.9 Å². The van der Waals surface area contributed by atoms with Crippen molar-refractivity contribution < 1.29 is 14.6 Å². The molecule has 1 unspecified atom stereocenters. The van der Waals surface area contributed by atoms with E-state index in [-0.39, 0.29) is 10.8 Å². The zero-order valence-electron chi connectivity index (χ0n) is 15.0. The molecule has 5 nitrogen and oxygen atoms in total. The van der Waals surface area contributed by atoms with Crippen LogP contribution >= 0.6 is 34.5 Å². The van der Waals surface area contributed by atoms with Crippen molar-refractivity contribution in [2.24, 2.45) is 0 Å². The maximum atomic E-state index is 12.0. The molecule has 1 N–H and O–H groups in total. The highest BCUT2D eigenvalue weighted by Gasteiger charge is 2.31. The van der Waals surface area contributed by atoms with Crippen LogP contribution in [-0.4, -0.2) is 37.4 Å². The summed E-state index contributed by atoms with van der Waals surface area (Å²) in [6, 6.07) is 7.45. The predicted octanol–water partition coefficient (Wildman–Crippen LogP) is 5.17. The monoisotopic (exact) mass is 436 g/mol. The van der Waals surface area contributed by atoms with Gasteiger partial charge < -0.3 is 14.7 Å². The number of halogens is 2. The number of carboxylic acid groups (broad SMARTS) is 1. The van der Waals surface area contributed by atoms with Crippen LogP contribution in [0.15, 0.2) is 30.9 Å². The lowest BCUT2D eigenvalue weighted by Crippen LogP contribution is -2.36. The molecular formula is C20H18Cl2N2O3S. The van der Waals surface area contributed by atoms with E-state index in [9.17, 15) is 15.2 Å². The first-order valence-corrected chi connectivity index (χ1v) is 10.2. The third kappa shape index (κ3) is 4.03. The van der Waals surface area contributed by atoms with Crippen molar-refractivity contribution in [3.8, 4) is 6.07 Å². The molecular weight excluding hydrogens is 419 g/mol. The van der Waals surface area contributed by atoms with Crippen molar-refractivity contribution >= 4 is 45.5 Å². The fraction of sp³-hybridized carbons (Fsp3) is 0.300. The summed E-state index contributed by atoms with van der Waals surface area (Å²) in [4.78, 5) is 14.2. The Bertz CT molecular complexity index is 946. The molecule has 0 radical (unpaired) electrons. The molecule has 1 aromatic heterocycles. The van der Waals surface area contributed by atoms with Gasteiger partial charge in [0.1, 0.15) is 15.9 Å². The van der Waals surface area contributed by atoms with E-state index in [1.807, 2.05) is 4.90 Å². The number of rotatable bonds is 6. The van der Waals surface area contributed by atoms with Crippen molar-refractivity contribution in [1.29, 1.82) is 5.26 Å². The standard InChI is InChI=1S/C20H18Cl2N2O3S/c1-2-3-13(12-4-5-15(21)16(22)10-12)17-14(11-23)19(28-18(17)20(25)26)24-6-8-27-9-7-24/h2,4-5,10,13H,1,3,6-9H2,(H,25,26). The number of aromatic carboxylic acids is 1. The molecule has 0 bridgehead atoms. The second kappa shape index (κ2) is 8.97. The molecule has 2 aromatic rings. The summed E-state index contributed by atoms with van der Waals surface area (Å²) in [5.74, 6) is -1.41. The number of nitriles is 1. The Labute approximate surface area is 177 Å². The second-order valence-corrected chi connectivity index (χ2v) is 8.11. The molecule has 8 heteroatoms. The minimum absolute atomic E-state index is 0.163. The van der Waals surface area contributed by atoms with Gasteiger partial charge in [0.25, 0.3) is 0 Å². The number of anilines is 1. The maximum absolute atomic E-state index is 12.0. The van der Waals surface area contributed by atoms with Gasteiger partial charge in [-0.25, -0.2) is 4.79 Å². The number of carbonyl (C=O) groups is 1. The summed E-state index contributed by atoms with van der Waals surface area (Å²) >= 11 is 13.4. The van der Waals surface area contributed by atoms with E-state index in [1.54, 1.807) is 24.3 Å². The average Bonchev–Trinajstić information content (AvgIpc) is 3.08. The normalized spacial score (nSPS) is 15.1. The first kappa shape index (κ1) is 20.7. The van der Waals surface area contributed by atoms with Gasteiger partial charge in [0.05, 0.1) is 28.8 Å². The number of thiophene rings is 1. The highest BCUT2D eigenvalue weighted by atomic mass is 35.5.